The van der Waals surface area contributed by atoms with Crippen molar-refractivity contribution >= 4 is 28.9 Å². The minimum atomic E-state index is 0.205. The van der Waals surface area contributed by atoms with Gasteiger partial charge in [-0.25, -0.2) is 0 Å². The Morgan fingerprint density at radius 2 is 1.67 bits per heavy atom. The molecule has 3 aromatic rings. The Hall–Kier alpha value is -2.11. The van der Waals surface area contributed by atoms with E-state index in [0.717, 1.165) is 54.6 Å². The Balaban J connectivity index is 1.80. The van der Waals surface area contributed by atoms with Gasteiger partial charge in [-0.2, -0.15) is 0 Å². The molecule has 0 bridgehead atoms. The normalized spacial score (nSPS) is 14.1. The molecule has 156 valence electrons. The minimum absolute atomic E-state index is 0.205. The molecular weight excluding hydrogens is 417 g/mol. The molecule has 0 saturated heterocycles. The van der Waals surface area contributed by atoms with Crippen LogP contribution < -0.4 is 4.90 Å². The van der Waals surface area contributed by atoms with Gasteiger partial charge >= 0.3 is 0 Å². The highest BCUT2D eigenvalue weighted by atomic mass is 35.5. The van der Waals surface area contributed by atoms with Crippen LogP contribution >= 0.6 is 23.2 Å². The molecule has 2 aromatic carbocycles. The van der Waals surface area contributed by atoms with Crippen LogP contribution in [0.5, 0.6) is 0 Å². The Bertz CT molecular complexity index is 1010. The third-order valence-electron chi connectivity index (χ3n) is 5.52. The summed E-state index contributed by atoms with van der Waals surface area (Å²) in [5.41, 5.74) is 6.91. The van der Waals surface area contributed by atoms with E-state index in [2.05, 4.69) is 29.0 Å². The van der Waals surface area contributed by atoms with Gasteiger partial charge < -0.3 is 10.0 Å². The maximum atomic E-state index is 9.27. The lowest BCUT2D eigenvalue weighted by Crippen LogP contribution is -2.41. The van der Waals surface area contributed by atoms with E-state index in [9.17, 15) is 5.11 Å². The maximum Gasteiger partial charge on any atom is 0.0742 e. The Labute approximate surface area is 187 Å². The van der Waals surface area contributed by atoms with Crippen molar-refractivity contribution in [3.8, 4) is 11.3 Å². The van der Waals surface area contributed by atoms with Crippen LogP contribution in [-0.4, -0.2) is 41.9 Å². The number of aromatic nitrogens is 1. The molecule has 1 aliphatic heterocycles. The lowest BCUT2D eigenvalue weighted by atomic mass is 9.93. The van der Waals surface area contributed by atoms with Crippen LogP contribution in [0.3, 0.4) is 0 Å². The number of hydrogen-bond acceptors (Lipinski definition) is 4. The average Bonchev–Trinajstić information content (AvgIpc) is 2.75. The van der Waals surface area contributed by atoms with Crippen molar-refractivity contribution in [3.63, 3.8) is 0 Å². The predicted molar refractivity (Wildman–Crippen MR) is 124 cm³/mol. The Kier molecular flexibility index (Phi) is 6.59. The number of pyridine rings is 1. The number of aliphatic hydroxyl groups is 1. The fourth-order valence-electron chi connectivity index (χ4n) is 4.03. The molecule has 4 nitrogen and oxygen atoms in total. The van der Waals surface area contributed by atoms with Crippen molar-refractivity contribution in [2.24, 2.45) is 0 Å². The fraction of sp³-hybridized carbons (Fsp3) is 0.292. The molecule has 0 amide bonds. The third kappa shape index (κ3) is 4.62. The smallest absolute Gasteiger partial charge is 0.0742 e. The molecule has 2 heterocycles. The molecule has 0 unspecified atom stereocenters. The van der Waals surface area contributed by atoms with Crippen LogP contribution in [0, 0.1) is 0 Å². The molecule has 0 atom stereocenters. The Morgan fingerprint density at radius 1 is 1.00 bits per heavy atom. The first kappa shape index (κ1) is 21.1. The molecular formula is C24H25Cl2N3O. The van der Waals surface area contributed by atoms with Gasteiger partial charge in [0.2, 0.25) is 0 Å². The zero-order chi connectivity index (χ0) is 21.1. The topological polar surface area (TPSA) is 39.6 Å². The van der Waals surface area contributed by atoms with Gasteiger partial charge in [-0.3, -0.25) is 9.88 Å². The van der Waals surface area contributed by atoms with E-state index in [1.54, 1.807) is 0 Å². The zero-order valence-corrected chi connectivity index (χ0v) is 18.5. The minimum Gasteiger partial charge on any atom is -0.396 e. The molecule has 6 heteroatoms. The molecule has 0 aliphatic carbocycles. The van der Waals surface area contributed by atoms with Crippen LogP contribution in [-0.2, 0) is 13.0 Å². The van der Waals surface area contributed by atoms with Crippen LogP contribution in [0.15, 0.2) is 54.7 Å². The summed E-state index contributed by atoms with van der Waals surface area (Å²) in [7, 11) is 2.10. The first-order valence-electron chi connectivity index (χ1n) is 10.1. The second-order valence-corrected chi connectivity index (χ2v) is 8.60. The van der Waals surface area contributed by atoms with Gasteiger partial charge in [-0.15, -0.1) is 0 Å². The largest absolute Gasteiger partial charge is 0.396 e. The summed E-state index contributed by atoms with van der Waals surface area (Å²) < 4.78 is 0. The van der Waals surface area contributed by atoms with E-state index < -0.39 is 0 Å². The fourth-order valence-corrected chi connectivity index (χ4v) is 4.28. The number of halogens is 2. The van der Waals surface area contributed by atoms with Crippen molar-refractivity contribution < 1.29 is 5.11 Å². The molecule has 0 spiro atoms. The van der Waals surface area contributed by atoms with Crippen LogP contribution in [0.2, 0.25) is 10.0 Å². The lowest BCUT2D eigenvalue weighted by Gasteiger charge is -2.37. The molecule has 0 saturated carbocycles. The third-order valence-corrected chi connectivity index (χ3v) is 6.03. The molecule has 1 N–H and O–H groups in total. The van der Waals surface area contributed by atoms with Gasteiger partial charge in [0.1, 0.15) is 0 Å². The van der Waals surface area contributed by atoms with Crippen LogP contribution in [0.25, 0.3) is 11.3 Å². The van der Waals surface area contributed by atoms with E-state index >= 15 is 0 Å². The van der Waals surface area contributed by atoms with Gasteiger partial charge in [-0.05, 0) is 53.8 Å². The number of rotatable bonds is 6. The SMILES string of the molecule is CN1CN(CCCO)Cc2c1cnc(-c1ccc(Cl)cc1)c2Cc1ccc(Cl)cc1. The van der Waals surface area contributed by atoms with Gasteiger partial charge in [0.25, 0.3) is 0 Å². The summed E-state index contributed by atoms with van der Waals surface area (Å²) in [6, 6.07) is 15.9. The molecule has 1 aliphatic rings. The van der Waals surface area contributed by atoms with E-state index in [4.69, 9.17) is 28.2 Å². The highest BCUT2D eigenvalue weighted by Crippen LogP contribution is 2.36. The van der Waals surface area contributed by atoms with Crippen molar-refractivity contribution in [1.29, 1.82) is 0 Å². The molecule has 0 radical (unpaired) electrons. The molecule has 30 heavy (non-hydrogen) atoms. The molecule has 4 rings (SSSR count). The van der Waals surface area contributed by atoms with Crippen LogP contribution in [0.1, 0.15) is 23.1 Å². The van der Waals surface area contributed by atoms with Gasteiger partial charge in [0, 0.05) is 42.4 Å². The summed E-state index contributed by atoms with van der Waals surface area (Å²) in [4.78, 5) is 9.48. The lowest BCUT2D eigenvalue weighted by molar-refractivity contribution is 0.213. The molecule has 1 aromatic heterocycles. The van der Waals surface area contributed by atoms with Crippen molar-refractivity contribution in [2.75, 3.05) is 31.8 Å². The summed E-state index contributed by atoms with van der Waals surface area (Å²) in [5.74, 6) is 0. The van der Waals surface area contributed by atoms with E-state index in [1.807, 2.05) is 42.6 Å². The molecule has 0 fully saturated rings. The second kappa shape index (κ2) is 9.36. The predicted octanol–water partition coefficient (Wildman–Crippen LogP) is 5.24. The monoisotopic (exact) mass is 441 g/mol. The van der Waals surface area contributed by atoms with E-state index in [0.29, 0.717) is 5.02 Å². The van der Waals surface area contributed by atoms with Crippen molar-refractivity contribution in [3.05, 3.63) is 81.5 Å². The number of anilines is 1. The number of fused-ring (bicyclic) bond motifs is 1. The average molecular weight is 442 g/mol. The highest BCUT2D eigenvalue weighted by Gasteiger charge is 2.25. The summed E-state index contributed by atoms with van der Waals surface area (Å²) in [6.07, 6.45) is 3.52. The van der Waals surface area contributed by atoms with E-state index in [-0.39, 0.29) is 6.61 Å². The van der Waals surface area contributed by atoms with E-state index in [1.165, 1.54) is 16.7 Å². The standard InChI is InChI=1S/C24H25Cl2N3O/c1-28-16-29(11-2-12-30)15-22-21(13-17-3-7-19(25)8-4-17)24(27-14-23(22)28)18-5-9-20(26)10-6-18/h3-10,14,30H,2,11-13,15-16H2,1H3. The number of benzene rings is 2. The highest BCUT2D eigenvalue weighted by molar-refractivity contribution is 6.30. The summed E-state index contributed by atoms with van der Waals surface area (Å²) in [5, 5.41) is 10.7. The first-order valence-corrected chi connectivity index (χ1v) is 10.9. The van der Waals surface area contributed by atoms with Crippen molar-refractivity contribution in [1.82, 2.24) is 9.88 Å². The van der Waals surface area contributed by atoms with Gasteiger partial charge in [-0.1, -0.05) is 47.5 Å². The number of nitrogens with zero attached hydrogens (tertiary/aromatic N) is 3. The first-order chi connectivity index (χ1) is 14.5. The van der Waals surface area contributed by atoms with Crippen LogP contribution in [0.4, 0.5) is 5.69 Å². The second-order valence-electron chi connectivity index (χ2n) is 7.73. The summed E-state index contributed by atoms with van der Waals surface area (Å²) in [6.45, 7) is 2.73. The van der Waals surface area contributed by atoms with Gasteiger partial charge in [0.05, 0.1) is 24.2 Å². The maximum absolute atomic E-state index is 9.27. The van der Waals surface area contributed by atoms with Crippen molar-refractivity contribution in [2.45, 2.75) is 19.4 Å². The zero-order valence-electron chi connectivity index (χ0n) is 17.0. The Morgan fingerprint density at radius 3 is 2.33 bits per heavy atom. The number of aliphatic hydroxyl groups excluding tert-OH is 1. The summed E-state index contributed by atoms with van der Waals surface area (Å²) >= 11 is 12.2. The van der Waals surface area contributed by atoms with Gasteiger partial charge in [0.15, 0.2) is 0 Å². The number of hydrogen-bond donors (Lipinski definition) is 1. The quantitative estimate of drug-likeness (QED) is 0.567.